The molecule has 9 heteroatoms. The Kier molecular flexibility index (Phi) is 7.62. The zero-order valence-electron chi connectivity index (χ0n) is 19.5. The predicted octanol–water partition coefficient (Wildman–Crippen LogP) is 5.95. The molecule has 36 heavy (non-hydrogen) atoms. The molecular formula is C27H22Cl2N2O5. The minimum absolute atomic E-state index is 0.178. The van der Waals surface area contributed by atoms with Crippen molar-refractivity contribution in [1.29, 1.82) is 0 Å². The lowest BCUT2D eigenvalue weighted by Crippen LogP contribution is -2.54. The van der Waals surface area contributed by atoms with Crippen molar-refractivity contribution in [1.82, 2.24) is 5.32 Å². The van der Waals surface area contributed by atoms with E-state index >= 15 is 0 Å². The zero-order chi connectivity index (χ0) is 25.8. The molecule has 1 heterocycles. The zero-order valence-corrected chi connectivity index (χ0v) is 21.0. The number of imide groups is 2. The minimum Gasteiger partial charge on any atom is -0.490 e. The second-order valence-corrected chi connectivity index (χ2v) is 8.79. The van der Waals surface area contributed by atoms with E-state index in [0.717, 1.165) is 16.0 Å². The van der Waals surface area contributed by atoms with E-state index < -0.39 is 17.8 Å². The Labute approximate surface area is 218 Å². The number of hydrogen-bond donors (Lipinski definition) is 1. The Morgan fingerprint density at radius 1 is 0.917 bits per heavy atom. The normalized spacial score (nSPS) is 14.7. The molecule has 7 nitrogen and oxygen atoms in total. The molecular weight excluding hydrogens is 503 g/mol. The quantitative estimate of drug-likeness (QED) is 0.305. The van der Waals surface area contributed by atoms with Crippen molar-refractivity contribution in [3.63, 3.8) is 0 Å². The van der Waals surface area contributed by atoms with E-state index in [1.807, 2.05) is 26.0 Å². The second kappa shape index (κ2) is 10.8. The molecule has 0 radical (unpaired) electrons. The fourth-order valence-corrected chi connectivity index (χ4v) is 3.94. The van der Waals surface area contributed by atoms with Crippen molar-refractivity contribution < 1.29 is 23.9 Å². The van der Waals surface area contributed by atoms with Crippen LogP contribution in [0.5, 0.6) is 11.5 Å². The summed E-state index contributed by atoms with van der Waals surface area (Å²) < 4.78 is 11.6. The van der Waals surface area contributed by atoms with Crippen LogP contribution in [0, 0.1) is 6.92 Å². The molecule has 0 spiro atoms. The molecule has 1 aliphatic heterocycles. The topological polar surface area (TPSA) is 84.9 Å². The fourth-order valence-electron chi connectivity index (χ4n) is 3.62. The first-order valence-corrected chi connectivity index (χ1v) is 11.8. The number of barbiturate groups is 1. The third-order valence-electron chi connectivity index (χ3n) is 5.32. The maximum atomic E-state index is 13.2. The van der Waals surface area contributed by atoms with Crippen molar-refractivity contribution in [2.45, 2.75) is 20.5 Å². The molecule has 3 aromatic rings. The molecule has 1 N–H and O–H groups in total. The Morgan fingerprint density at radius 3 is 2.44 bits per heavy atom. The van der Waals surface area contributed by atoms with E-state index in [1.165, 1.54) is 6.08 Å². The van der Waals surface area contributed by atoms with Gasteiger partial charge in [-0.2, -0.15) is 0 Å². The van der Waals surface area contributed by atoms with Crippen LogP contribution in [0.4, 0.5) is 10.5 Å². The standard InChI is InChI=1S/C27H22Cl2N2O5/c1-3-35-24-14-17(8-10-23(24)36-15-18-7-9-21(28)22(29)13-18)12-20-25(32)30-27(34)31(26(20)33)19-6-4-5-16(2)11-19/h4-14H,3,15H2,1-2H3,(H,30,32,34)/b20-12+. The number of anilines is 1. The smallest absolute Gasteiger partial charge is 0.335 e. The number of aryl methyl sites for hydroxylation is 1. The van der Waals surface area contributed by atoms with E-state index in [2.05, 4.69) is 5.32 Å². The van der Waals surface area contributed by atoms with Gasteiger partial charge in [-0.05, 0) is 73.0 Å². The van der Waals surface area contributed by atoms with E-state index in [4.69, 9.17) is 32.7 Å². The van der Waals surface area contributed by atoms with Gasteiger partial charge in [-0.15, -0.1) is 0 Å². The monoisotopic (exact) mass is 524 g/mol. The van der Waals surface area contributed by atoms with E-state index in [1.54, 1.807) is 48.5 Å². The van der Waals surface area contributed by atoms with Gasteiger partial charge >= 0.3 is 6.03 Å². The van der Waals surface area contributed by atoms with Gasteiger partial charge in [0.1, 0.15) is 12.2 Å². The lowest BCUT2D eigenvalue weighted by Gasteiger charge is -2.26. The van der Waals surface area contributed by atoms with Crippen molar-refractivity contribution in [3.05, 3.63) is 93.0 Å². The van der Waals surface area contributed by atoms with E-state index in [9.17, 15) is 14.4 Å². The first-order chi connectivity index (χ1) is 17.3. The van der Waals surface area contributed by atoms with Crippen molar-refractivity contribution in [2.24, 2.45) is 0 Å². The molecule has 1 aliphatic rings. The molecule has 4 rings (SSSR count). The molecule has 0 unspecified atom stereocenters. The molecule has 0 bridgehead atoms. The SMILES string of the molecule is CCOc1cc(/C=C2\C(=O)NC(=O)N(c3cccc(C)c3)C2=O)ccc1OCc1ccc(Cl)c(Cl)c1. The lowest BCUT2D eigenvalue weighted by molar-refractivity contribution is -0.122. The summed E-state index contributed by atoms with van der Waals surface area (Å²) in [6.07, 6.45) is 1.41. The van der Waals surface area contributed by atoms with Gasteiger partial charge < -0.3 is 9.47 Å². The number of hydrogen-bond acceptors (Lipinski definition) is 5. The van der Waals surface area contributed by atoms with Crippen LogP contribution in [0.15, 0.2) is 66.2 Å². The van der Waals surface area contributed by atoms with Gasteiger partial charge in [-0.3, -0.25) is 14.9 Å². The molecule has 4 amide bonds. The fraction of sp³-hybridized carbons (Fsp3) is 0.148. The number of nitrogens with one attached hydrogen (secondary N) is 1. The number of ether oxygens (including phenoxy) is 2. The number of carbonyl (C=O) groups is 3. The van der Waals surface area contributed by atoms with Crippen LogP contribution in [0.25, 0.3) is 6.08 Å². The summed E-state index contributed by atoms with van der Waals surface area (Å²) >= 11 is 12.0. The van der Waals surface area contributed by atoms with Gasteiger partial charge in [-0.1, -0.05) is 47.5 Å². The first kappa shape index (κ1) is 25.3. The minimum atomic E-state index is -0.797. The predicted molar refractivity (Wildman–Crippen MR) is 139 cm³/mol. The number of amides is 4. The summed E-state index contributed by atoms with van der Waals surface area (Å²) in [7, 11) is 0. The molecule has 0 atom stereocenters. The highest BCUT2D eigenvalue weighted by molar-refractivity contribution is 6.42. The molecule has 1 saturated heterocycles. The average Bonchev–Trinajstić information content (AvgIpc) is 2.83. The number of rotatable bonds is 7. The highest BCUT2D eigenvalue weighted by Crippen LogP contribution is 2.32. The van der Waals surface area contributed by atoms with Crippen LogP contribution >= 0.6 is 23.2 Å². The first-order valence-electron chi connectivity index (χ1n) is 11.1. The van der Waals surface area contributed by atoms with Crippen LogP contribution < -0.4 is 19.7 Å². The van der Waals surface area contributed by atoms with Crippen LogP contribution in [-0.2, 0) is 16.2 Å². The van der Waals surface area contributed by atoms with Crippen LogP contribution in [0.2, 0.25) is 10.0 Å². The summed E-state index contributed by atoms with van der Waals surface area (Å²) in [6, 6.07) is 16.4. The van der Waals surface area contributed by atoms with Crippen LogP contribution in [-0.4, -0.2) is 24.5 Å². The Bertz CT molecular complexity index is 1390. The third-order valence-corrected chi connectivity index (χ3v) is 6.06. The van der Waals surface area contributed by atoms with Gasteiger partial charge in [0.2, 0.25) is 0 Å². The maximum absolute atomic E-state index is 13.2. The van der Waals surface area contributed by atoms with Crippen molar-refractivity contribution in [3.8, 4) is 11.5 Å². The number of urea groups is 1. The van der Waals surface area contributed by atoms with Crippen LogP contribution in [0.1, 0.15) is 23.6 Å². The Hall–Kier alpha value is -3.81. The third kappa shape index (κ3) is 5.53. The average molecular weight is 525 g/mol. The molecule has 3 aromatic carbocycles. The molecule has 184 valence electrons. The van der Waals surface area contributed by atoms with Gasteiger partial charge in [0.05, 0.1) is 22.3 Å². The number of nitrogens with zero attached hydrogens (tertiary/aromatic N) is 1. The van der Waals surface area contributed by atoms with Gasteiger partial charge in [0.15, 0.2) is 11.5 Å². The summed E-state index contributed by atoms with van der Waals surface area (Å²) in [4.78, 5) is 39.1. The Balaban J connectivity index is 1.61. The van der Waals surface area contributed by atoms with Crippen LogP contribution in [0.3, 0.4) is 0 Å². The van der Waals surface area contributed by atoms with Crippen molar-refractivity contribution >= 4 is 52.8 Å². The molecule has 0 saturated carbocycles. The second-order valence-electron chi connectivity index (χ2n) is 7.97. The van der Waals surface area contributed by atoms with Gasteiger partial charge in [-0.25, -0.2) is 9.69 Å². The molecule has 0 aliphatic carbocycles. The van der Waals surface area contributed by atoms with E-state index in [-0.39, 0.29) is 12.2 Å². The molecule has 1 fully saturated rings. The summed E-state index contributed by atoms with van der Waals surface area (Å²) in [5, 5.41) is 3.11. The number of benzene rings is 3. The number of halogens is 2. The van der Waals surface area contributed by atoms with E-state index in [0.29, 0.717) is 39.4 Å². The highest BCUT2D eigenvalue weighted by atomic mass is 35.5. The van der Waals surface area contributed by atoms with Gasteiger partial charge in [0, 0.05) is 0 Å². The van der Waals surface area contributed by atoms with Crippen molar-refractivity contribution in [2.75, 3.05) is 11.5 Å². The number of carbonyl (C=O) groups excluding carboxylic acids is 3. The highest BCUT2D eigenvalue weighted by Gasteiger charge is 2.36. The lowest BCUT2D eigenvalue weighted by atomic mass is 10.1. The van der Waals surface area contributed by atoms with Gasteiger partial charge in [0.25, 0.3) is 11.8 Å². The summed E-state index contributed by atoms with van der Waals surface area (Å²) in [5.41, 5.74) is 2.41. The molecule has 0 aromatic heterocycles. The Morgan fingerprint density at radius 2 is 1.72 bits per heavy atom. The summed E-state index contributed by atoms with van der Waals surface area (Å²) in [5.74, 6) is -0.581. The summed E-state index contributed by atoms with van der Waals surface area (Å²) in [6.45, 7) is 4.28. The largest absolute Gasteiger partial charge is 0.490 e. The maximum Gasteiger partial charge on any atom is 0.335 e.